The van der Waals surface area contributed by atoms with Crippen LogP contribution in [-0.2, 0) is 16.0 Å². The molecular weight excluding hydrogens is 338 g/mol. The maximum Gasteiger partial charge on any atom is 0.308 e. The molecule has 1 aromatic carbocycles. The van der Waals surface area contributed by atoms with Gasteiger partial charge in [0.2, 0.25) is 5.91 Å². The number of aliphatic carboxylic acids is 1. The Hall–Kier alpha value is -1.56. The van der Waals surface area contributed by atoms with Gasteiger partial charge in [0.05, 0.1) is 19.4 Å². The van der Waals surface area contributed by atoms with Crippen molar-refractivity contribution in [1.29, 1.82) is 0 Å². The highest BCUT2D eigenvalue weighted by Crippen LogP contribution is 2.24. The number of methoxy groups -OCH3 is 1. The fourth-order valence-corrected chi connectivity index (χ4v) is 2.88. The molecule has 0 aromatic heterocycles. The summed E-state index contributed by atoms with van der Waals surface area (Å²) in [4.78, 5) is 25.1. The van der Waals surface area contributed by atoms with E-state index in [0.29, 0.717) is 25.3 Å². The molecule has 1 aliphatic rings. The summed E-state index contributed by atoms with van der Waals surface area (Å²) in [5, 5.41) is 9.08. The number of ether oxygens (including phenoxy) is 1. The zero-order valence-corrected chi connectivity index (χ0v) is 13.4. The maximum atomic E-state index is 12.4. The number of carbonyl (C=O) groups is 2. The van der Waals surface area contributed by atoms with E-state index < -0.39 is 11.9 Å². The fourth-order valence-electron chi connectivity index (χ4n) is 2.49. The van der Waals surface area contributed by atoms with E-state index in [-0.39, 0.29) is 12.3 Å². The maximum absolute atomic E-state index is 12.4. The van der Waals surface area contributed by atoms with Gasteiger partial charge in [-0.15, -0.1) is 0 Å². The smallest absolute Gasteiger partial charge is 0.308 e. The number of carboxylic acids is 1. The van der Waals surface area contributed by atoms with Crippen LogP contribution in [0.4, 0.5) is 0 Å². The van der Waals surface area contributed by atoms with Crippen molar-refractivity contribution < 1.29 is 19.4 Å². The first-order valence-corrected chi connectivity index (χ1v) is 7.63. The van der Waals surface area contributed by atoms with Crippen LogP contribution in [0.1, 0.15) is 18.4 Å². The van der Waals surface area contributed by atoms with Crippen molar-refractivity contribution in [3.05, 3.63) is 28.2 Å². The molecule has 0 bridgehead atoms. The van der Waals surface area contributed by atoms with Gasteiger partial charge in [0.1, 0.15) is 5.75 Å². The van der Waals surface area contributed by atoms with Gasteiger partial charge < -0.3 is 14.7 Å². The molecule has 0 spiro atoms. The number of amides is 1. The predicted molar refractivity (Wildman–Crippen MR) is 81.3 cm³/mol. The zero-order valence-electron chi connectivity index (χ0n) is 11.8. The molecule has 1 aromatic rings. The molecule has 114 valence electrons. The molecular formula is C15H18BrNO4. The first-order chi connectivity index (χ1) is 10.0. The molecule has 1 amide bonds. The Morgan fingerprint density at radius 2 is 2.24 bits per heavy atom. The van der Waals surface area contributed by atoms with Crippen molar-refractivity contribution in [2.24, 2.45) is 5.92 Å². The first kappa shape index (κ1) is 15.8. The molecule has 5 nitrogen and oxygen atoms in total. The Morgan fingerprint density at radius 1 is 1.48 bits per heavy atom. The fraction of sp³-hybridized carbons (Fsp3) is 0.467. The second kappa shape index (κ2) is 6.93. The van der Waals surface area contributed by atoms with E-state index in [1.807, 2.05) is 18.2 Å². The summed E-state index contributed by atoms with van der Waals surface area (Å²) in [6.07, 6.45) is 1.62. The van der Waals surface area contributed by atoms with Crippen molar-refractivity contribution in [3.63, 3.8) is 0 Å². The van der Waals surface area contributed by atoms with Crippen molar-refractivity contribution >= 4 is 27.8 Å². The lowest BCUT2D eigenvalue weighted by atomic mass is 9.97. The van der Waals surface area contributed by atoms with Crippen LogP contribution in [0, 0.1) is 5.92 Å². The van der Waals surface area contributed by atoms with Gasteiger partial charge in [0.25, 0.3) is 0 Å². The topological polar surface area (TPSA) is 66.8 Å². The summed E-state index contributed by atoms with van der Waals surface area (Å²) in [5.41, 5.74) is 0.844. The van der Waals surface area contributed by atoms with Gasteiger partial charge in [-0.2, -0.15) is 0 Å². The average molecular weight is 356 g/mol. The number of carbonyl (C=O) groups excluding carboxylic acids is 1. The normalized spacial score (nSPS) is 18.4. The monoisotopic (exact) mass is 355 g/mol. The van der Waals surface area contributed by atoms with Crippen molar-refractivity contribution in [3.8, 4) is 5.75 Å². The second-order valence-electron chi connectivity index (χ2n) is 5.15. The highest BCUT2D eigenvalue weighted by molar-refractivity contribution is 9.10. The van der Waals surface area contributed by atoms with Gasteiger partial charge in [-0.1, -0.05) is 15.9 Å². The molecule has 0 unspecified atom stereocenters. The summed E-state index contributed by atoms with van der Waals surface area (Å²) in [5.74, 6) is -0.621. The molecule has 0 saturated carbocycles. The SMILES string of the molecule is COc1ccc(Br)c(CC(=O)N2CCC[C@H](C(=O)O)C2)c1. The summed E-state index contributed by atoms with van der Waals surface area (Å²) in [7, 11) is 1.58. The number of likely N-dealkylation sites (tertiary alicyclic amines) is 1. The van der Waals surface area contributed by atoms with Crippen LogP contribution in [0.5, 0.6) is 5.75 Å². The number of rotatable bonds is 4. The molecule has 1 saturated heterocycles. The Bertz CT molecular complexity index is 546. The van der Waals surface area contributed by atoms with Crippen LogP contribution >= 0.6 is 15.9 Å². The number of benzene rings is 1. The van der Waals surface area contributed by atoms with E-state index in [9.17, 15) is 9.59 Å². The third-order valence-corrected chi connectivity index (χ3v) is 4.49. The van der Waals surface area contributed by atoms with Gasteiger partial charge in [0.15, 0.2) is 0 Å². The Morgan fingerprint density at radius 3 is 2.90 bits per heavy atom. The zero-order chi connectivity index (χ0) is 15.4. The lowest BCUT2D eigenvalue weighted by Gasteiger charge is -2.31. The third kappa shape index (κ3) is 3.97. The minimum absolute atomic E-state index is 0.0464. The minimum Gasteiger partial charge on any atom is -0.497 e. The van der Waals surface area contributed by atoms with Crippen LogP contribution in [0.15, 0.2) is 22.7 Å². The van der Waals surface area contributed by atoms with E-state index in [2.05, 4.69) is 15.9 Å². The van der Waals surface area contributed by atoms with Gasteiger partial charge in [-0.3, -0.25) is 9.59 Å². The van der Waals surface area contributed by atoms with Crippen LogP contribution in [0.2, 0.25) is 0 Å². The Labute approximate surface area is 132 Å². The summed E-state index contributed by atoms with van der Waals surface area (Å²) < 4.78 is 6.01. The molecule has 2 rings (SSSR count). The number of carboxylic acid groups (broad SMARTS) is 1. The van der Waals surface area contributed by atoms with E-state index >= 15 is 0 Å². The minimum atomic E-state index is -0.824. The summed E-state index contributed by atoms with van der Waals surface area (Å²) in [6, 6.07) is 5.48. The molecule has 21 heavy (non-hydrogen) atoms. The van der Waals surface area contributed by atoms with Crippen molar-refractivity contribution in [1.82, 2.24) is 4.90 Å². The third-order valence-electron chi connectivity index (χ3n) is 3.72. The number of piperidine rings is 1. The molecule has 1 atom stereocenters. The van der Waals surface area contributed by atoms with Gasteiger partial charge >= 0.3 is 5.97 Å². The number of halogens is 1. The molecule has 6 heteroatoms. The average Bonchev–Trinajstić information content (AvgIpc) is 2.49. The van der Waals surface area contributed by atoms with E-state index in [1.54, 1.807) is 12.0 Å². The molecule has 1 heterocycles. The largest absolute Gasteiger partial charge is 0.497 e. The lowest BCUT2D eigenvalue weighted by Crippen LogP contribution is -2.43. The first-order valence-electron chi connectivity index (χ1n) is 6.84. The lowest BCUT2D eigenvalue weighted by molar-refractivity contribution is -0.145. The van der Waals surface area contributed by atoms with Crippen LogP contribution in [-0.4, -0.2) is 42.1 Å². The van der Waals surface area contributed by atoms with Crippen LogP contribution in [0.3, 0.4) is 0 Å². The molecule has 1 N–H and O–H groups in total. The Kier molecular flexibility index (Phi) is 5.22. The standard InChI is InChI=1S/C15H18BrNO4/c1-21-12-4-5-13(16)11(7-12)8-14(18)17-6-2-3-10(9-17)15(19)20/h4-5,7,10H,2-3,6,8-9H2,1H3,(H,19,20)/t10-/m0/s1. The van der Waals surface area contributed by atoms with Crippen molar-refractivity contribution in [2.75, 3.05) is 20.2 Å². The van der Waals surface area contributed by atoms with Crippen LogP contribution in [0.25, 0.3) is 0 Å². The van der Waals surface area contributed by atoms with Gasteiger partial charge in [-0.25, -0.2) is 0 Å². The summed E-state index contributed by atoms with van der Waals surface area (Å²) in [6.45, 7) is 0.931. The van der Waals surface area contributed by atoms with E-state index in [1.165, 1.54) is 0 Å². The van der Waals surface area contributed by atoms with Gasteiger partial charge in [-0.05, 0) is 36.6 Å². The molecule has 0 radical (unpaired) electrons. The molecule has 1 fully saturated rings. The predicted octanol–water partition coefficient (Wildman–Crippen LogP) is 2.32. The van der Waals surface area contributed by atoms with E-state index in [4.69, 9.17) is 9.84 Å². The number of hydrogen-bond acceptors (Lipinski definition) is 3. The highest BCUT2D eigenvalue weighted by atomic mass is 79.9. The molecule has 1 aliphatic heterocycles. The Balaban J connectivity index is 2.05. The van der Waals surface area contributed by atoms with Gasteiger partial charge in [0, 0.05) is 17.6 Å². The second-order valence-corrected chi connectivity index (χ2v) is 6.01. The van der Waals surface area contributed by atoms with E-state index in [0.717, 1.165) is 16.5 Å². The summed E-state index contributed by atoms with van der Waals surface area (Å²) >= 11 is 3.43. The van der Waals surface area contributed by atoms with Crippen molar-refractivity contribution in [2.45, 2.75) is 19.3 Å². The highest BCUT2D eigenvalue weighted by Gasteiger charge is 2.28. The van der Waals surface area contributed by atoms with Crippen LogP contribution < -0.4 is 4.74 Å². The number of nitrogens with zero attached hydrogens (tertiary/aromatic N) is 1. The quantitative estimate of drug-likeness (QED) is 0.899. The number of hydrogen-bond donors (Lipinski definition) is 1. The molecule has 0 aliphatic carbocycles.